The van der Waals surface area contributed by atoms with Crippen LogP contribution in [0.4, 0.5) is 11.5 Å². The molecule has 0 spiro atoms. The third-order valence-corrected chi connectivity index (χ3v) is 5.45. The van der Waals surface area contributed by atoms with Crippen LogP contribution in [0.1, 0.15) is 28.6 Å². The van der Waals surface area contributed by atoms with Crippen molar-refractivity contribution in [1.29, 1.82) is 0 Å². The molecule has 0 amide bonds. The van der Waals surface area contributed by atoms with Crippen molar-refractivity contribution < 1.29 is 9.90 Å². The standard InChI is InChI=1S/C21H24N4O2S/c1-4-17-13(2)23-21(18-10-9-16(28-18)12-22-3)25-20(17)24-15-7-5-14(6-8-15)11-19(26)27/h5-10,22H,4,11-12H2,1-3H3,(H,26,27)(H,23,24,25). The maximum Gasteiger partial charge on any atom is 0.307 e. The fourth-order valence-corrected chi connectivity index (χ4v) is 3.97. The molecule has 146 valence electrons. The second-order valence-electron chi connectivity index (χ2n) is 6.50. The predicted octanol–water partition coefficient (Wildman–Crippen LogP) is 4.17. The van der Waals surface area contributed by atoms with Gasteiger partial charge in [-0.15, -0.1) is 11.3 Å². The Morgan fingerprint density at radius 3 is 2.54 bits per heavy atom. The Labute approximate surface area is 168 Å². The number of carboxylic acids is 1. The van der Waals surface area contributed by atoms with Crippen LogP contribution in [0.2, 0.25) is 0 Å². The van der Waals surface area contributed by atoms with Gasteiger partial charge in [-0.2, -0.15) is 0 Å². The van der Waals surface area contributed by atoms with Gasteiger partial charge in [-0.05, 0) is 50.2 Å². The van der Waals surface area contributed by atoms with Crippen LogP contribution < -0.4 is 10.6 Å². The van der Waals surface area contributed by atoms with Crippen LogP contribution in [-0.2, 0) is 24.2 Å². The number of aryl methyl sites for hydroxylation is 1. The molecule has 0 aliphatic rings. The van der Waals surface area contributed by atoms with Gasteiger partial charge in [0.15, 0.2) is 5.82 Å². The highest BCUT2D eigenvalue weighted by molar-refractivity contribution is 7.15. The van der Waals surface area contributed by atoms with Gasteiger partial charge in [0.25, 0.3) is 0 Å². The third-order valence-electron chi connectivity index (χ3n) is 4.37. The molecular formula is C21H24N4O2S. The van der Waals surface area contributed by atoms with Gasteiger partial charge in [0.2, 0.25) is 0 Å². The fourth-order valence-electron chi connectivity index (χ4n) is 3.02. The Morgan fingerprint density at radius 1 is 1.14 bits per heavy atom. The smallest absolute Gasteiger partial charge is 0.307 e. The van der Waals surface area contributed by atoms with Crippen molar-refractivity contribution in [2.45, 2.75) is 33.2 Å². The monoisotopic (exact) mass is 396 g/mol. The third kappa shape index (κ3) is 4.74. The number of aromatic nitrogens is 2. The summed E-state index contributed by atoms with van der Waals surface area (Å²) in [7, 11) is 1.93. The molecule has 28 heavy (non-hydrogen) atoms. The first kappa shape index (κ1) is 20.0. The molecule has 3 aromatic rings. The average Bonchev–Trinajstić information content (AvgIpc) is 3.12. The second kappa shape index (κ2) is 8.95. The van der Waals surface area contributed by atoms with Gasteiger partial charge in [-0.25, -0.2) is 9.97 Å². The Bertz CT molecular complexity index is 967. The molecule has 0 saturated heterocycles. The van der Waals surface area contributed by atoms with Crippen molar-refractivity contribution in [2.24, 2.45) is 0 Å². The number of nitrogens with zero attached hydrogens (tertiary/aromatic N) is 2. The van der Waals surface area contributed by atoms with Crippen molar-refractivity contribution in [1.82, 2.24) is 15.3 Å². The first-order chi connectivity index (χ1) is 13.5. The summed E-state index contributed by atoms with van der Waals surface area (Å²) in [5, 5.41) is 15.4. The molecule has 0 atom stereocenters. The number of aliphatic carboxylic acids is 1. The molecule has 0 fully saturated rings. The van der Waals surface area contributed by atoms with Crippen LogP contribution in [0.15, 0.2) is 36.4 Å². The summed E-state index contributed by atoms with van der Waals surface area (Å²) < 4.78 is 0. The molecule has 0 bridgehead atoms. The van der Waals surface area contributed by atoms with Gasteiger partial charge >= 0.3 is 5.97 Å². The van der Waals surface area contributed by atoms with Gasteiger partial charge in [-0.3, -0.25) is 4.79 Å². The van der Waals surface area contributed by atoms with Crippen LogP contribution in [0.25, 0.3) is 10.7 Å². The summed E-state index contributed by atoms with van der Waals surface area (Å²) in [4.78, 5) is 22.6. The SMILES string of the molecule is CCc1c(C)nc(-c2ccc(CNC)s2)nc1Nc1ccc(CC(=O)O)cc1. The number of hydrogen-bond donors (Lipinski definition) is 3. The number of anilines is 2. The highest BCUT2D eigenvalue weighted by atomic mass is 32.1. The minimum atomic E-state index is -0.835. The average molecular weight is 397 g/mol. The molecule has 2 heterocycles. The van der Waals surface area contributed by atoms with E-state index < -0.39 is 5.97 Å². The minimum absolute atomic E-state index is 0.0184. The number of rotatable bonds is 8. The van der Waals surface area contributed by atoms with Crippen LogP contribution in [0.5, 0.6) is 0 Å². The van der Waals surface area contributed by atoms with Gasteiger partial charge < -0.3 is 15.7 Å². The molecule has 1 aromatic carbocycles. The van der Waals surface area contributed by atoms with Crippen molar-refractivity contribution in [3.8, 4) is 10.7 Å². The van der Waals surface area contributed by atoms with E-state index in [1.807, 2.05) is 38.2 Å². The van der Waals surface area contributed by atoms with Gasteiger partial charge in [0.05, 0.1) is 11.3 Å². The summed E-state index contributed by atoms with van der Waals surface area (Å²) in [5.74, 6) is 0.672. The highest BCUT2D eigenvalue weighted by Gasteiger charge is 2.14. The number of nitrogens with one attached hydrogen (secondary N) is 2. The van der Waals surface area contributed by atoms with Crippen molar-refractivity contribution >= 4 is 28.8 Å². The summed E-state index contributed by atoms with van der Waals surface area (Å²) in [6, 6.07) is 11.6. The quantitative estimate of drug-likeness (QED) is 0.530. The van der Waals surface area contributed by atoms with Gasteiger partial charge in [0.1, 0.15) is 5.82 Å². The van der Waals surface area contributed by atoms with E-state index in [0.29, 0.717) is 5.82 Å². The van der Waals surface area contributed by atoms with Crippen LogP contribution in [0.3, 0.4) is 0 Å². The van der Waals surface area contributed by atoms with Gasteiger partial charge in [-0.1, -0.05) is 19.1 Å². The molecule has 2 aromatic heterocycles. The number of benzene rings is 1. The van der Waals surface area contributed by atoms with Crippen molar-refractivity contribution in [3.05, 3.63) is 58.1 Å². The molecular weight excluding hydrogens is 372 g/mol. The molecule has 0 radical (unpaired) electrons. The number of carboxylic acid groups (broad SMARTS) is 1. The van der Waals surface area contributed by atoms with Gasteiger partial charge in [0, 0.05) is 28.4 Å². The molecule has 0 unspecified atom stereocenters. The maximum atomic E-state index is 10.8. The zero-order valence-corrected chi connectivity index (χ0v) is 17.1. The Hall–Kier alpha value is -2.77. The first-order valence-corrected chi connectivity index (χ1v) is 10.0. The van der Waals surface area contributed by atoms with Crippen molar-refractivity contribution in [2.75, 3.05) is 12.4 Å². The molecule has 0 saturated carbocycles. The Morgan fingerprint density at radius 2 is 1.89 bits per heavy atom. The van der Waals surface area contributed by atoms with E-state index in [1.165, 1.54) is 4.88 Å². The maximum absolute atomic E-state index is 10.8. The van der Waals surface area contributed by atoms with Crippen LogP contribution >= 0.6 is 11.3 Å². The molecule has 3 N–H and O–H groups in total. The Balaban J connectivity index is 1.90. The lowest BCUT2D eigenvalue weighted by molar-refractivity contribution is -0.136. The predicted molar refractivity (Wildman–Crippen MR) is 113 cm³/mol. The first-order valence-electron chi connectivity index (χ1n) is 9.19. The number of thiophene rings is 1. The van der Waals surface area contributed by atoms with E-state index in [1.54, 1.807) is 11.3 Å². The van der Waals surface area contributed by atoms with E-state index >= 15 is 0 Å². The number of hydrogen-bond acceptors (Lipinski definition) is 6. The number of carbonyl (C=O) groups is 1. The van der Waals surface area contributed by atoms with Crippen LogP contribution in [-0.4, -0.2) is 28.1 Å². The van der Waals surface area contributed by atoms with E-state index in [2.05, 4.69) is 29.7 Å². The lowest BCUT2D eigenvalue weighted by Gasteiger charge is -2.14. The molecule has 7 heteroatoms. The summed E-state index contributed by atoms with van der Waals surface area (Å²) in [6.45, 7) is 4.92. The zero-order valence-electron chi connectivity index (χ0n) is 16.2. The topological polar surface area (TPSA) is 87.1 Å². The van der Waals surface area contributed by atoms with E-state index in [4.69, 9.17) is 15.1 Å². The zero-order chi connectivity index (χ0) is 20.1. The Kier molecular flexibility index (Phi) is 6.38. The van der Waals surface area contributed by atoms with Crippen molar-refractivity contribution in [3.63, 3.8) is 0 Å². The highest BCUT2D eigenvalue weighted by Crippen LogP contribution is 2.29. The molecule has 6 nitrogen and oxygen atoms in total. The normalized spacial score (nSPS) is 10.8. The largest absolute Gasteiger partial charge is 0.481 e. The van der Waals surface area contributed by atoms with E-state index in [-0.39, 0.29) is 6.42 Å². The molecule has 0 aliphatic heterocycles. The summed E-state index contributed by atoms with van der Waals surface area (Å²) in [5.41, 5.74) is 3.67. The summed E-state index contributed by atoms with van der Waals surface area (Å²) >= 11 is 1.68. The lowest BCUT2D eigenvalue weighted by Crippen LogP contribution is -2.05. The molecule has 0 aliphatic carbocycles. The molecule has 3 rings (SSSR count). The van der Waals surface area contributed by atoms with E-state index in [0.717, 1.165) is 46.2 Å². The fraction of sp³-hybridized carbons (Fsp3) is 0.286. The second-order valence-corrected chi connectivity index (χ2v) is 7.67. The summed E-state index contributed by atoms with van der Waals surface area (Å²) in [6.07, 6.45) is 0.839. The minimum Gasteiger partial charge on any atom is -0.481 e. The van der Waals surface area contributed by atoms with E-state index in [9.17, 15) is 4.79 Å². The van der Waals surface area contributed by atoms with Crippen LogP contribution in [0, 0.1) is 6.92 Å². The lowest BCUT2D eigenvalue weighted by atomic mass is 10.1.